The second-order valence-corrected chi connectivity index (χ2v) is 2.95. The summed E-state index contributed by atoms with van der Waals surface area (Å²) in [6, 6.07) is 6.86. The number of hydrogen-bond acceptors (Lipinski definition) is 3. The van der Waals surface area contributed by atoms with E-state index in [9.17, 15) is 13.2 Å². The van der Waals surface area contributed by atoms with Crippen LogP contribution in [-0.2, 0) is 4.74 Å². The average molecular weight is 235 g/mol. The van der Waals surface area contributed by atoms with Gasteiger partial charge in [0, 0.05) is 12.2 Å². The molecule has 0 heterocycles. The molecule has 0 aromatic heterocycles. The van der Waals surface area contributed by atoms with Crippen LogP contribution in [0.5, 0.6) is 5.75 Å². The Kier molecular flexibility index (Phi) is 4.42. The van der Waals surface area contributed by atoms with Gasteiger partial charge in [0.25, 0.3) is 0 Å². The lowest BCUT2D eigenvalue weighted by Gasteiger charge is -2.09. The fourth-order valence-corrected chi connectivity index (χ4v) is 1.07. The van der Waals surface area contributed by atoms with E-state index in [1.54, 1.807) is 31.4 Å². The van der Waals surface area contributed by atoms with Gasteiger partial charge in [-0.2, -0.15) is 0 Å². The SMILES string of the molecule is COc1ccc(NCCOC(F)(F)F)cc1. The number of methoxy groups -OCH3 is 1. The van der Waals surface area contributed by atoms with Gasteiger partial charge in [-0.05, 0) is 24.3 Å². The predicted molar refractivity (Wildman–Crippen MR) is 53.5 cm³/mol. The summed E-state index contributed by atoms with van der Waals surface area (Å²) in [4.78, 5) is 0. The van der Waals surface area contributed by atoms with E-state index >= 15 is 0 Å². The summed E-state index contributed by atoms with van der Waals surface area (Å²) >= 11 is 0. The molecule has 0 aliphatic rings. The van der Waals surface area contributed by atoms with E-state index in [1.165, 1.54) is 0 Å². The summed E-state index contributed by atoms with van der Waals surface area (Å²) < 4.78 is 43.4. The van der Waals surface area contributed by atoms with Crippen molar-refractivity contribution >= 4 is 5.69 Å². The molecule has 0 amide bonds. The zero-order valence-corrected chi connectivity index (χ0v) is 8.67. The molecular formula is C10H12F3NO2. The molecule has 6 heteroatoms. The van der Waals surface area contributed by atoms with E-state index in [2.05, 4.69) is 10.1 Å². The second kappa shape index (κ2) is 5.60. The molecule has 1 N–H and O–H groups in total. The Morgan fingerprint density at radius 1 is 1.19 bits per heavy atom. The molecule has 90 valence electrons. The zero-order chi connectivity index (χ0) is 12.0. The van der Waals surface area contributed by atoms with Gasteiger partial charge in [0.1, 0.15) is 5.75 Å². The Bertz CT molecular complexity index is 311. The Labute approximate surface area is 91.2 Å². The third kappa shape index (κ3) is 4.88. The summed E-state index contributed by atoms with van der Waals surface area (Å²) in [5, 5.41) is 2.79. The van der Waals surface area contributed by atoms with Crippen LogP contribution in [0.2, 0.25) is 0 Å². The van der Waals surface area contributed by atoms with Gasteiger partial charge in [-0.25, -0.2) is 0 Å². The van der Waals surface area contributed by atoms with Crippen molar-refractivity contribution < 1.29 is 22.6 Å². The molecule has 0 aliphatic carbocycles. The first kappa shape index (κ1) is 12.6. The number of benzene rings is 1. The molecule has 16 heavy (non-hydrogen) atoms. The first-order chi connectivity index (χ1) is 7.51. The lowest BCUT2D eigenvalue weighted by Crippen LogP contribution is -2.19. The molecule has 0 bridgehead atoms. The van der Waals surface area contributed by atoms with E-state index in [0.717, 1.165) is 0 Å². The van der Waals surface area contributed by atoms with Crippen LogP contribution in [-0.4, -0.2) is 26.6 Å². The lowest BCUT2D eigenvalue weighted by atomic mass is 10.3. The van der Waals surface area contributed by atoms with Crippen molar-refractivity contribution in [2.75, 3.05) is 25.6 Å². The van der Waals surface area contributed by atoms with Crippen molar-refractivity contribution in [3.8, 4) is 5.75 Å². The maximum absolute atomic E-state index is 11.6. The van der Waals surface area contributed by atoms with Crippen LogP contribution in [0.1, 0.15) is 0 Å². The maximum atomic E-state index is 11.6. The van der Waals surface area contributed by atoms with Gasteiger partial charge >= 0.3 is 6.36 Å². The molecule has 0 unspecified atom stereocenters. The van der Waals surface area contributed by atoms with Gasteiger partial charge < -0.3 is 10.1 Å². The van der Waals surface area contributed by atoms with Crippen molar-refractivity contribution in [3.63, 3.8) is 0 Å². The zero-order valence-electron chi connectivity index (χ0n) is 8.67. The molecule has 1 aromatic rings. The van der Waals surface area contributed by atoms with Crippen LogP contribution in [0.4, 0.5) is 18.9 Å². The fraction of sp³-hybridized carbons (Fsp3) is 0.400. The van der Waals surface area contributed by atoms with E-state index in [-0.39, 0.29) is 6.54 Å². The van der Waals surface area contributed by atoms with E-state index < -0.39 is 13.0 Å². The second-order valence-electron chi connectivity index (χ2n) is 2.95. The van der Waals surface area contributed by atoms with Crippen molar-refractivity contribution in [1.29, 1.82) is 0 Å². The first-order valence-corrected chi connectivity index (χ1v) is 4.60. The minimum Gasteiger partial charge on any atom is -0.497 e. The number of rotatable bonds is 5. The molecule has 3 nitrogen and oxygen atoms in total. The summed E-state index contributed by atoms with van der Waals surface area (Å²) in [7, 11) is 1.54. The largest absolute Gasteiger partial charge is 0.522 e. The van der Waals surface area contributed by atoms with Crippen molar-refractivity contribution in [2.45, 2.75) is 6.36 Å². The molecule has 0 aliphatic heterocycles. The number of nitrogens with one attached hydrogen (secondary N) is 1. The van der Waals surface area contributed by atoms with Crippen LogP contribution in [0.3, 0.4) is 0 Å². The van der Waals surface area contributed by atoms with E-state index in [0.29, 0.717) is 11.4 Å². The van der Waals surface area contributed by atoms with E-state index in [4.69, 9.17) is 4.74 Å². The van der Waals surface area contributed by atoms with Crippen LogP contribution >= 0.6 is 0 Å². The Morgan fingerprint density at radius 2 is 1.81 bits per heavy atom. The van der Waals surface area contributed by atoms with Gasteiger partial charge in [0.15, 0.2) is 0 Å². The molecule has 0 radical (unpaired) electrons. The first-order valence-electron chi connectivity index (χ1n) is 4.60. The number of anilines is 1. The van der Waals surface area contributed by atoms with Gasteiger partial charge in [0.2, 0.25) is 0 Å². The Morgan fingerprint density at radius 3 is 2.31 bits per heavy atom. The third-order valence-corrected chi connectivity index (χ3v) is 1.79. The number of hydrogen-bond donors (Lipinski definition) is 1. The quantitative estimate of drug-likeness (QED) is 0.796. The standard InChI is InChI=1S/C10H12F3NO2/c1-15-9-4-2-8(3-5-9)14-6-7-16-10(11,12)13/h2-5,14H,6-7H2,1H3. The Balaban J connectivity index is 2.27. The number of halogens is 3. The fourth-order valence-electron chi connectivity index (χ4n) is 1.07. The molecule has 1 aromatic carbocycles. The third-order valence-electron chi connectivity index (χ3n) is 1.79. The molecule has 0 atom stereocenters. The van der Waals surface area contributed by atoms with Crippen molar-refractivity contribution in [2.24, 2.45) is 0 Å². The highest BCUT2D eigenvalue weighted by molar-refractivity contribution is 5.46. The highest BCUT2D eigenvalue weighted by Gasteiger charge is 2.28. The lowest BCUT2D eigenvalue weighted by molar-refractivity contribution is -0.322. The van der Waals surface area contributed by atoms with Crippen LogP contribution < -0.4 is 10.1 Å². The van der Waals surface area contributed by atoms with Crippen LogP contribution in [0.15, 0.2) is 24.3 Å². The van der Waals surface area contributed by atoms with Gasteiger partial charge in [-0.3, -0.25) is 4.74 Å². The maximum Gasteiger partial charge on any atom is 0.522 e. The molecule has 0 spiro atoms. The molecule has 0 saturated carbocycles. The smallest absolute Gasteiger partial charge is 0.497 e. The van der Waals surface area contributed by atoms with Gasteiger partial charge in [-0.1, -0.05) is 0 Å². The summed E-state index contributed by atoms with van der Waals surface area (Å²) in [5.74, 6) is 0.692. The molecular weight excluding hydrogens is 223 g/mol. The predicted octanol–water partition coefficient (Wildman–Crippen LogP) is 2.64. The number of alkyl halides is 3. The highest BCUT2D eigenvalue weighted by Crippen LogP contribution is 2.16. The minimum atomic E-state index is -4.57. The molecule has 0 fully saturated rings. The van der Waals surface area contributed by atoms with Crippen molar-refractivity contribution in [3.05, 3.63) is 24.3 Å². The van der Waals surface area contributed by atoms with Gasteiger partial charge in [-0.15, -0.1) is 13.2 Å². The minimum absolute atomic E-state index is 0.0891. The normalized spacial score (nSPS) is 11.2. The summed E-state index contributed by atoms with van der Waals surface area (Å²) in [6.07, 6.45) is -4.57. The topological polar surface area (TPSA) is 30.5 Å². The van der Waals surface area contributed by atoms with Crippen LogP contribution in [0, 0.1) is 0 Å². The van der Waals surface area contributed by atoms with Crippen molar-refractivity contribution in [1.82, 2.24) is 0 Å². The van der Waals surface area contributed by atoms with Gasteiger partial charge in [0.05, 0.1) is 13.7 Å². The highest BCUT2D eigenvalue weighted by atomic mass is 19.4. The number of ether oxygens (including phenoxy) is 2. The average Bonchev–Trinajstić information content (AvgIpc) is 2.24. The van der Waals surface area contributed by atoms with E-state index in [1.807, 2.05) is 0 Å². The summed E-state index contributed by atoms with van der Waals surface area (Å²) in [6.45, 7) is -0.332. The Hall–Kier alpha value is -1.43. The summed E-state index contributed by atoms with van der Waals surface area (Å²) in [5.41, 5.74) is 0.714. The molecule has 0 saturated heterocycles. The van der Waals surface area contributed by atoms with Crippen LogP contribution in [0.25, 0.3) is 0 Å². The monoisotopic (exact) mass is 235 g/mol. The molecule has 1 rings (SSSR count).